The highest BCUT2D eigenvalue weighted by Crippen LogP contribution is 2.40. The fraction of sp³-hybridized carbons (Fsp3) is 0.305. The molecule has 0 bridgehead atoms. The molecule has 6 heterocycles. The van der Waals surface area contributed by atoms with Gasteiger partial charge in [-0.15, -0.1) is 45.3 Å². The van der Waals surface area contributed by atoms with E-state index in [1.54, 1.807) is 76.4 Å². The Labute approximate surface area is 523 Å². The van der Waals surface area contributed by atoms with E-state index in [0.717, 1.165) is 60.8 Å². The molecule has 0 spiro atoms. The third-order valence-corrected chi connectivity index (χ3v) is 16.3. The van der Waals surface area contributed by atoms with Crippen LogP contribution in [0.1, 0.15) is 73.6 Å². The molecule has 0 aliphatic heterocycles. The van der Waals surface area contributed by atoms with Crippen LogP contribution in [0, 0.1) is 22.7 Å². The van der Waals surface area contributed by atoms with Crippen molar-refractivity contribution in [3.05, 3.63) is 138 Å². The monoisotopic (exact) mass is 1280 g/mol. The molecule has 0 radical (unpaired) electrons. The standard InChI is InChI=1S/C30H31ClN6O5S2.C17H20N2O3S2.C12H13ClN4O/c1-30(2,3)42-27(38)20(15-32)11-21-12-22-23(43-21)13-26(44-22)37(4)9-10-40-29(39)34-16-18-5-7-19(8-6-18)17-41-25-14-24(31)35-28(33)36-25;1-17(2,3)22-16(21)11(10-18)7-12-8-13-14(23-12)9-15(24-13)19(4)5-6-20;13-10-5-11(17-12(15)16-10)18-7-9-3-1-8(6-14)2-4-9/h5-8,11-14H,9-10,16-17H2,1-4H3,(H,34,39)(H2,33,35,36);7-9,20H,5-6H2,1-4H3;1-5H,6-7,14H2,(H2,15,16,17)/b20-11+;11-7+;. The Hall–Kier alpha value is -8.11. The molecule has 6 aromatic heterocycles. The number of hydrogen-bond acceptors (Lipinski definition) is 24. The van der Waals surface area contributed by atoms with E-state index in [1.165, 1.54) is 34.8 Å². The SMILES string of the molecule is CN(CCO)c1cc2sc(/C=C(\C#N)C(=O)OC(C)(C)C)cc2s1.CN(CCOC(=O)NCc1ccc(COc2cc(Cl)nc(N)n2)cc1)c1cc2sc(/C=C(\C#N)C(=O)OC(C)(C)C)cc2s1.NCc1ccc(COc2cc(Cl)nc(N)n2)cc1. The predicted octanol–water partition coefficient (Wildman–Crippen LogP) is 11.6. The molecular formula is C59H64Cl2N12O9S4. The van der Waals surface area contributed by atoms with Gasteiger partial charge in [0.05, 0.1) is 23.2 Å². The van der Waals surface area contributed by atoms with Gasteiger partial charge in [0.1, 0.15) is 64.6 Å². The number of aliphatic hydroxyl groups excluding tert-OH is 1. The van der Waals surface area contributed by atoms with Crippen molar-refractivity contribution in [2.45, 2.75) is 79.0 Å². The van der Waals surface area contributed by atoms with Crippen LogP contribution in [0.25, 0.3) is 31.0 Å². The zero-order chi connectivity index (χ0) is 62.7. The number of amides is 1. The number of thiophene rings is 4. The van der Waals surface area contributed by atoms with Gasteiger partial charge in [-0.1, -0.05) is 71.7 Å². The minimum Gasteiger partial charge on any atom is -0.473 e. The second kappa shape index (κ2) is 31.3. The molecular weight excluding hydrogens is 1220 g/mol. The average Bonchev–Trinajstić information content (AvgIpc) is 2.58. The number of rotatable bonds is 20. The zero-order valence-electron chi connectivity index (χ0n) is 48.3. The summed E-state index contributed by atoms with van der Waals surface area (Å²) in [6.45, 7) is 13.5. The van der Waals surface area contributed by atoms with Crippen molar-refractivity contribution in [3.8, 4) is 23.9 Å². The molecule has 2 aromatic carbocycles. The lowest BCUT2D eigenvalue weighted by atomic mass is 10.1. The zero-order valence-corrected chi connectivity index (χ0v) is 53.1. The van der Waals surface area contributed by atoms with Gasteiger partial charge in [0.15, 0.2) is 0 Å². The van der Waals surface area contributed by atoms with Crippen LogP contribution in [-0.2, 0) is 50.1 Å². The number of carbonyl (C=O) groups is 3. The van der Waals surface area contributed by atoms with E-state index in [9.17, 15) is 24.9 Å². The van der Waals surface area contributed by atoms with Gasteiger partial charge in [0.2, 0.25) is 23.7 Å². The topological polar surface area (TPSA) is 313 Å². The summed E-state index contributed by atoms with van der Waals surface area (Å²) in [5, 5.41) is 32.9. The first kappa shape index (κ1) is 67.0. The molecule has 0 aliphatic rings. The van der Waals surface area contributed by atoms with Crippen molar-refractivity contribution in [2.24, 2.45) is 5.73 Å². The smallest absolute Gasteiger partial charge is 0.407 e. The molecule has 0 saturated heterocycles. The van der Waals surface area contributed by atoms with E-state index in [0.29, 0.717) is 38.7 Å². The van der Waals surface area contributed by atoms with Crippen molar-refractivity contribution in [3.63, 3.8) is 0 Å². The molecule has 0 fully saturated rings. The van der Waals surface area contributed by atoms with Gasteiger partial charge in [-0.2, -0.15) is 20.5 Å². The van der Waals surface area contributed by atoms with Crippen LogP contribution in [-0.4, -0.2) is 94.7 Å². The maximum Gasteiger partial charge on any atom is 0.407 e. The maximum atomic E-state index is 12.3. The second-order valence-electron chi connectivity index (χ2n) is 20.5. The van der Waals surface area contributed by atoms with E-state index in [2.05, 4.69) is 31.3 Å². The molecule has 27 heteroatoms. The number of nitrogens with two attached hydrogens (primary N) is 3. The van der Waals surface area contributed by atoms with Gasteiger partial charge >= 0.3 is 18.0 Å². The minimum atomic E-state index is -0.678. The lowest BCUT2D eigenvalue weighted by Crippen LogP contribution is -2.28. The molecule has 8 N–H and O–H groups in total. The number of anilines is 4. The molecule has 1 amide bonds. The average molecular weight is 1280 g/mol. The fourth-order valence-corrected chi connectivity index (χ4v) is 12.1. The first-order valence-electron chi connectivity index (χ1n) is 26.2. The van der Waals surface area contributed by atoms with Crippen LogP contribution in [0.2, 0.25) is 10.3 Å². The van der Waals surface area contributed by atoms with E-state index in [4.69, 9.17) is 69.2 Å². The number of nitrogen functional groups attached to an aromatic ring is 2. The Morgan fingerprint density at radius 2 is 1.03 bits per heavy atom. The highest BCUT2D eigenvalue weighted by atomic mass is 35.5. The van der Waals surface area contributed by atoms with Crippen molar-refractivity contribution in [1.82, 2.24) is 25.3 Å². The summed E-state index contributed by atoms with van der Waals surface area (Å²) < 4.78 is 31.2. The molecule has 0 aliphatic carbocycles. The van der Waals surface area contributed by atoms with E-state index < -0.39 is 29.2 Å². The van der Waals surface area contributed by atoms with Crippen LogP contribution in [0.3, 0.4) is 0 Å². The van der Waals surface area contributed by atoms with Crippen LogP contribution >= 0.6 is 68.5 Å². The number of halogens is 2. The number of likely N-dealkylation sites (N-methyl/N-ethyl adjacent to an activating group) is 2. The number of hydrogen-bond donors (Lipinski definition) is 5. The van der Waals surface area contributed by atoms with Gasteiger partial charge in [-0.25, -0.2) is 24.4 Å². The van der Waals surface area contributed by atoms with Gasteiger partial charge in [-0.3, -0.25) is 0 Å². The number of nitrogens with zero attached hydrogens (tertiary/aromatic N) is 8. The number of nitriles is 2. The first-order chi connectivity index (χ1) is 40.8. The summed E-state index contributed by atoms with van der Waals surface area (Å²) in [5.41, 5.74) is 19.1. The molecule has 0 saturated carbocycles. The summed E-state index contributed by atoms with van der Waals surface area (Å²) in [6, 6.07) is 30.2. The summed E-state index contributed by atoms with van der Waals surface area (Å²) in [6.07, 6.45) is 2.62. The highest BCUT2D eigenvalue weighted by Gasteiger charge is 2.22. The summed E-state index contributed by atoms with van der Waals surface area (Å²) in [5.74, 6) is -0.472. The van der Waals surface area contributed by atoms with Crippen LogP contribution < -0.4 is 41.8 Å². The Balaban J connectivity index is 0.000000234. The highest BCUT2D eigenvalue weighted by molar-refractivity contribution is 7.30. The van der Waals surface area contributed by atoms with Crippen molar-refractivity contribution < 1.29 is 43.2 Å². The lowest BCUT2D eigenvalue weighted by Gasteiger charge is -2.18. The van der Waals surface area contributed by atoms with Gasteiger partial charge < -0.3 is 61.1 Å². The quantitative estimate of drug-likeness (QED) is 0.0156. The lowest BCUT2D eigenvalue weighted by molar-refractivity contribution is -0.150. The number of aliphatic hydroxyl groups is 1. The molecule has 8 aromatic rings. The Bertz CT molecular complexity index is 3660. The predicted molar refractivity (Wildman–Crippen MR) is 342 cm³/mol. The number of ether oxygens (including phenoxy) is 5. The summed E-state index contributed by atoms with van der Waals surface area (Å²) in [7, 11) is 3.86. The maximum absolute atomic E-state index is 12.3. The third-order valence-electron chi connectivity index (χ3n) is 11.2. The van der Waals surface area contributed by atoms with Crippen molar-refractivity contribution in [1.29, 1.82) is 10.5 Å². The van der Waals surface area contributed by atoms with E-state index in [1.807, 2.05) is 103 Å². The number of carbonyl (C=O) groups excluding carboxylic acids is 3. The van der Waals surface area contributed by atoms with Gasteiger partial charge in [0.25, 0.3) is 0 Å². The minimum absolute atomic E-state index is 0.00329. The summed E-state index contributed by atoms with van der Waals surface area (Å²) >= 11 is 17.8. The number of nitrogens with one attached hydrogen (secondary N) is 1. The Morgan fingerprint density at radius 3 is 1.42 bits per heavy atom. The first-order valence-corrected chi connectivity index (χ1v) is 30.2. The number of aromatic nitrogens is 4. The third kappa shape index (κ3) is 21.7. The van der Waals surface area contributed by atoms with Crippen LogP contribution in [0.4, 0.5) is 26.7 Å². The Morgan fingerprint density at radius 1 is 0.628 bits per heavy atom. The number of benzene rings is 2. The van der Waals surface area contributed by atoms with Gasteiger partial charge in [-0.05, 0) is 100 Å². The molecule has 8 rings (SSSR count). The normalized spacial score (nSPS) is 11.5. The molecule has 86 heavy (non-hydrogen) atoms. The van der Waals surface area contributed by atoms with Crippen molar-refractivity contribution in [2.75, 3.05) is 61.7 Å². The Kier molecular flexibility index (Phi) is 24.4. The largest absolute Gasteiger partial charge is 0.473 e. The van der Waals surface area contributed by atoms with Crippen molar-refractivity contribution >= 4 is 139 Å². The van der Waals surface area contributed by atoms with Crippen LogP contribution in [0.5, 0.6) is 11.8 Å². The fourth-order valence-electron chi connectivity index (χ4n) is 7.11. The molecule has 452 valence electrons. The van der Waals surface area contributed by atoms with Crippen LogP contribution in [0.15, 0.2) is 96.1 Å². The molecule has 0 unspecified atom stereocenters. The number of alkyl carbamates (subject to hydrolysis) is 1. The molecule has 0 atom stereocenters. The van der Waals surface area contributed by atoms with Gasteiger partial charge in [0, 0.05) is 74.4 Å². The number of esters is 2. The van der Waals surface area contributed by atoms with E-state index in [-0.39, 0.29) is 59.0 Å². The summed E-state index contributed by atoms with van der Waals surface area (Å²) in [4.78, 5) is 57.6. The molecule has 21 nitrogen and oxygen atoms in total. The second-order valence-corrected chi connectivity index (χ2v) is 25.6. The van der Waals surface area contributed by atoms with E-state index >= 15 is 0 Å². The number of fused-ring (bicyclic) bond motifs is 2.